The normalized spacial score (nSPS) is 13.0. The maximum absolute atomic E-state index is 5.59. The molecule has 0 rings (SSSR count). The van der Waals surface area contributed by atoms with Crippen LogP contribution in [0.1, 0.15) is 40.0 Å². The minimum atomic E-state index is 0.441. The second-order valence-corrected chi connectivity index (χ2v) is 3.09. The first-order valence-corrected chi connectivity index (χ1v) is 4.46. The lowest BCUT2D eigenvalue weighted by molar-refractivity contribution is 0.0604. The molecular formula is C10H20O. The van der Waals surface area contributed by atoms with Crippen molar-refractivity contribution >= 4 is 0 Å². The average molecular weight is 156 g/mol. The van der Waals surface area contributed by atoms with Crippen LogP contribution in [0.4, 0.5) is 0 Å². The van der Waals surface area contributed by atoms with E-state index in [1.54, 1.807) is 0 Å². The van der Waals surface area contributed by atoms with Crippen molar-refractivity contribution in [3.63, 3.8) is 0 Å². The fourth-order valence-corrected chi connectivity index (χ4v) is 0.987. The minimum Gasteiger partial charge on any atom is -0.374 e. The zero-order valence-electron chi connectivity index (χ0n) is 8.02. The molecule has 0 N–H and O–H groups in total. The van der Waals surface area contributed by atoms with Gasteiger partial charge in [0, 0.05) is 0 Å². The largest absolute Gasteiger partial charge is 0.374 e. The maximum atomic E-state index is 5.59. The van der Waals surface area contributed by atoms with Crippen LogP contribution in [0.3, 0.4) is 0 Å². The summed E-state index contributed by atoms with van der Waals surface area (Å²) in [4.78, 5) is 0. The van der Waals surface area contributed by atoms with Gasteiger partial charge in [0.1, 0.15) is 0 Å². The molecule has 0 radical (unpaired) electrons. The Hall–Kier alpha value is -0.300. The van der Waals surface area contributed by atoms with E-state index in [4.69, 9.17) is 4.74 Å². The predicted octanol–water partition coefficient (Wildman–Crippen LogP) is 3.16. The topological polar surface area (TPSA) is 9.23 Å². The van der Waals surface area contributed by atoms with Crippen LogP contribution in [-0.4, -0.2) is 12.7 Å². The summed E-state index contributed by atoms with van der Waals surface area (Å²) in [6.07, 6.45) is 3.93. The standard InChI is InChI=1S/C10H20O/c1-5-7-10(6-2)11-8-9(3)4/h10H,3,5-8H2,1-2,4H3. The third-order valence-electron chi connectivity index (χ3n) is 1.63. The zero-order chi connectivity index (χ0) is 8.69. The molecule has 0 bridgehead atoms. The highest BCUT2D eigenvalue weighted by Crippen LogP contribution is 2.07. The summed E-state index contributed by atoms with van der Waals surface area (Å²) in [6.45, 7) is 10.9. The molecule has 0 amide bonds. The molecule has 0 aromatic carbocycles. The van der Waals surface area contributed by atoms with Gasteiger partial charge in [0.2, 0.25) is 0 Å². The Morgan fingerprint density at radius 3 is 2.45 bits per heavy atom. The Morgan fingerprint density at radius 2 is 2.09 bits per heavy atom. The van der Waals surface area contributed by atoms with Crippen molar-refractivity contribution in [1.29, 1.82) is 0 Å². The van der Waals surface area contributed by atoms with Crippen LogP contribution in [0.5, 0.6) is 0 Å². The summed E-state index contributed by atoms with van der Waals surface area (Å²) >= 11 is 0. The maximum Gasteiger partial charge on any atom is 0.0675 e. The van der Waals surface area contributed by atoms with E-state index >= 15 is 0 Å². The molecule has 0 aliphatic rings. The highest BCUT2D eigenvalue weighted by Gasteiger charge is 2.03. The molecule has 1 heteroatoms. The lowest BCUT2D eigenvalue weighted by Gasteiger charge is -2.14. The van der Waals surface area contributed by atoms with Crippen LogP contribution in [-0.2, 0) is 4.74 Å². The first-order chi connectivity index (χ1) is 5.20. The van der Waals surface area contributed by atoms with Crippen LogP contribution in [0.2, 0.25) is 0 Å². The molecule has 66 valence electrons. The van der Waals surface area contributed by atoms with Crippen molar-refractivity contribution in [2.75, 3.05) is 6.61 Å². The van der Waals surface area contributed by atoms with Crippen molar-refractivity contribution in [1.82, 2.24) is 0 Å². The van der Waals surface area contributed by atoms with Crippen LogP contribution >= 0.6 is 0 Å². The Labute approximate surface area is 70.4 Å². The van der Waals surface area contributed by atoms with E-state index in [-0.39, 0.29) is 0 Å². The summed E-state index contributed by atoms with van der Waals surface area (Å²) in [6, 6.07) is 0. The molecule has 0 fully saturated rings. The van der Waals surface area contributed by atoms with E-state index in [2.05, 4.69) is 20.4 Å². The van der Waals surface area contributed by atoms with Crippen LogP contribution < -0.4 is 0 Å². The summed E-state index contributed by atoms with van der Waals surface area (Å²) in [5, 5.41) is 0. The lowest BCUT2D eigenvalue weighted by atomic mass is 10.1. The summed E-state index contributed by atoms with van der Waals surface area (Å²) in [5.74, 6) is 0. The van der Waals surface area contributed by atoms with Gasteiger partial charge in [-0.15, -0.1) is 0 Å². The second-order valence-electron chi connectivity index (χ2n) is 3.09. The Kier molecular flexibility index (Phi) is 6.24. The van der Waals surface area contributed by atoms with Crippen molar-refractivity contribution in [2.45, 2.75) is 46.1 Å². The minimum absolute atomic E-state index is 0.441. The number of ether oxygens (including phenoxy) is 1. The van der Waals surface area contributed by atoms with E-state index in [0.29, 0.717) is 6.10 Å². The van der Waals surface area contributed by atoms with Crippen molar-refractivity contribution in [2.24, 2.45) is 0 Å². The predicted molar refractivity (Wildman–Crippen MR) is 49.8 cm³/mol. The van der Waals surface area contributed by atoms with Gasteiger partial charge < -0.3 is 4.74 Å². The molecular weight excluding hydrogens is 136 g/mol. The van der Waals surface area contributed by atoms with Gasteiger partial charge in [0.25, 0.3) is 0 Å². The fraction of sp³-hybridized carbons (Fsp3) is 0.800. The van der Waals surface area contributed by atoms with E-state index in [1.165, 1.54) is 12.8 Å². The summed E-state index contributed by atoms with van der Waals surface area (Å²) < 4.78 is 5.59. The molecule has 0 aliphatic carbocycles. The van der Waals surface area contributed by atoms with E-state index in [9.17, 15) is 0 Å². The monoisotopic (exact) mass is 156 g/mol. The molecule has 0 aromatic heterocycles. The zero-order valence-corrected chi connectivity index (χ0v) is 8.02. The Morgan fingerprint density at radius 1 is 1.45 bits per heavy atom. The molecule has 0 saturated carbocycles. The molecule has 1 nitrogen and oxygen atoms in total. The van der Waals surface area contributed by atoms with Crippen molar-refractivity contribution < 1.29 is 4.74 Å². The smallest absolute Gasteiger partial charge is 0.0675 e. The van der Waals surface area contributed by atoms with E-state index in [1.807, 2.05) is 6.92 Å². The summed E-state index contributed by atoms with van der Waals surface area (Å²) in [5.41, 5.74) is 1.11. The van der Waals surface area contributed by atoms with Gasteiger partial charge in [0.15, 0.2) is 0 Å². The second kappa shape index (κ2) is 6.41. The van der Waals surface area contributed by atoms with Gasteiger partial charge in [-0.05, 0) is 19.8 Å². The van der Waals surface area contributed by atoms with Crippen LogP contribution in [0, 0.1) is 0 Å². The quantitative estimate of drug-likeness (QED) is 0.537. The van der Waals surface area contributed by atoms with E-state index in [0.717, 1.165) is 18.6 Å². The van der Waals surface area contributed by atoms with Gasteiger partial charge in [-0.2, -0.15) is 0 Å². The Balaban J connectivity index is 3.43. The molecule has 0 heterocycles. The van der Waals surface area contributed by atoms with Crippen molar-refractivity contribution in [3.8, 4) is 0 Å². The third kappa shape index (κ3) is 6.11. The molecule has 0 saturated heterocycles. The molecule has 11 heavy (non-hydrogen) atoms. The van der Waals surface area contributed by atoms with Gasteiger partial charge in [-0.1, -0.05) is 32.4 Å². The van der Waals surface area contributed by atoms with Crippen molar-refractivity contribution in [3.05, 3.63) is 12.2 Å². The van der Waals surface area contributed by atoms with Crippen LogP contribution in [0.15, 0.2) is 12.2 Å². The van der Waals surface area contributed by atoms with Gasteiger partial charge in [0.05, 0.1) is 12.7 Å². The van der Waals surface area contributed by atoms with Gasteiger partial charge in [-0.3, -0.25) is 0 Å². The first-order valence-electron chi connectivity index (χ1n) is 4.46. The highest BCUT2D eigenvalue weighted by molar-refractivity contribution is 4.87. The first kappa shape index (κ1) is 10.7. The SMILES string of the molecule is C=C(C)COC(CC)CCC. The average Bonchev–Trinajstić information content (AvgIpc) is 1.97. The molecule has 1 unspecified atom stereocenters. The third-order valence-corrected chi connectivity index (χ3v) is 1.63. The van der Waals surface area contributed by atoms with Gasteiger partial charge in [-0.25, -0.2) is 0 Å². The highest BCUT2D eigenvalue weighted by atomic mass is 16.5. The Bertz CT molecular complexity index is 107. The molecule has 1 atom stereocenters. The summed E-state index contributed by atoms with van der Waals surface area (Å²) in [7, 11) is 0. The fourth-order valence-electron chi connectivity index (χ4n) is 0.987. The van der Waals surface area contributed by atoms with E-state index < -0.39 is 0 Å². The number of rotatable bonds is 6. The van der Waals surface area contributed by atoms with Crippen LogP contribution in [0.25, 0.3) is 0 Å². The number of hydrogen-bond donors (Lipinski definition) is 0. The molecule has 0 spiro atoms. The molecule has 0 aliphatic heterocycles. The van der Waals surface area contributed by atoms with Gasteiger partial charge >= 0.3 is 0 Å². The lowest BCUT2D eigenvalue weighted by Crippen LogP contribution is -2.12. The number of hydrogen-bond acceptors (Lipinski definition) is 1. The molecule has 0 aromatic rings.